The number of thioether (sulfide) groups is 1. The minimum Gasteiger partial charge on any atom is -0.497 e. The maximum atomic E-state index is 13.8. The highest BCUT2D eigenvalue weighted by atomic mass is 32.2. The molecule has 128 valence electrons. The van der Waals surface area contributed by atoms with Crippen LogP contribution in [-0.4, -0.2) is 30.1 Å². The lowest BCUT2D eigenvalue weighted by Gasteiger charge is -2.07. The van der Waals surface area contributed by atoms with Gasteiger partial charge in [-0.15, -0.1) is 0 Å². The number of likely N-dealkylation sites (N-methyl/N-ethyl adjacent to an activating group) is 1. The quantitative estimate of drug-likeness (QED) is 0.767. The smallest absolute Gasteiger partial charge is 0.266 e. The van der Waals surface area contributed by atoms with E-state index in [4.69, 9.17) is 4.74 Å². The van der Waals surface area contributed by atoms with E-state index in [1.165, 1.54) is 22.7 Å². The molecule has 6 heteroatoms. The van der Waals surface area contributed by atoms with Gasteiger partial charge in [0, 0.05) is 7.05 Å². The molecular weight excluding hydrogens is 339 g/mol. The summed E-state index contributed by atoms with van der Waals surface area (Å²) in [4.78, 5) is 18.7. The number of benzene rings is 2. The van der Waals surface area contributed by atoms with Gasteiger partial charge >= 0.3 is 0 Å². The SMILES string of the molecule is COc1ccc(/C=C2/SC(=Nc3ccccc3F)N(C)C2=O)c(C)c1. The molecule has 0 aliphatic carbocycles. The van der Waals surface area contributed by atoms with Gasteiger partial charge in [0.05, 0.1) is 12.0 Å². The van der Waals surface area contributed by atoms with Crippen molar-refractivity contribution in [2.45, 2.75) is 6.92 Å². The second-order valence-corrected chi connectivity index (χ2v) is 6.55. The van der Waals surface area contributed by atoms with Gasteiger partial charge in [-0.25, -0.2) is 9.38 Å². The van der Waals surface area contributed by atoms with Crippen LogP contribution < -0.4 is 4.74 Å². The van der Waals surface area contributed by atoms with Gasteiger partial charge in [-0.1, -0.05) is 18.2 Å². The molecule has 2 aromatic rings. The predicted molar refractivity (Wildman–Crippen MR) is 99.6 cm³/mol. The highest BCUT2D eigenvalue weighted by molar-refractivity contribution is 8.18. The summed E-state index contributed by atoms with van der Waals surface area (Å²) in [6.45, 7) is 1.96. The summed E-state index contributed by atoms with van der Waals surface area (Å²) in [6, 6.07) is 11.9. The summed E-state index contributed by atoms with van der Waals surface area (Å²) < 4.78 is 19.0. The topological polar surface area (TPSA) is 41.9 Å². The van der Waals surface area contributed by atoms with Gasteiger partial charge in [-0.3, -0.25) is 9.69 Å². The van der Waals surface area contributed by atoms with E-state index in [0.29, 0.717) is 10.1 Å². The molecule has 0 radical (unpaired) electrons. The van der Waals surface area contributed by atoms with Crippen LogP contribution in [0.15, 0.2) is 52.4 Å². The molecule has 4 nitrogen and oxygen atoms in total. The molecule has 0 N–H and O–H groups in total. The Labute approximate surface area is 150 Å². The van der Waals surface area contributed by atoms with Crippen molar-refractivity contribution < 1.29 is 13.9 Å². The van der Waals surface area contributed by atoms with Crippen LogP contribution in [0.5, 0.6) is 5.75 Å². The molecule has 1 saturated heterocycles. The number of aryl methyl sites for hydroxylation is 1. The van der Waals surface area contributed by atoms with Crippen molar-refractivity contribution in [3.05, 3.63) is 64.3 Å². The molecular formula is C19H17FN2O2S. The summed E-state index contributed by atoms with van der Waals surface area (Å²) >= 11 is 1.23. The fourth-order valence-corrected chi connectivity index (χ4v) is 3.35. The van der Waals surface area contributed by atoms with Crippen molar-refractivity contribution in [3.63, 3.8) is 0 Å². The Morgan fingerprint density at radius 2 is 2.00 bits per heavy atom. The lowest BCUT2D eigenvalue weighted by Crippen LogP contribution is -2.23. The number of hydrogen-bond acceptors (Lipinski definition) is 4. The largest absolute Gasteiger partial charge is 0.497 e. The maximum Gasteiger partial charge on any atom is 0.266 e. The molecule has 0 unspecified atom stereocenters. The van der Waals surface area contributed by atoms with Crippen LogP contribution in [0.3, 0.4) is 0 Å². The first-order valence-corrected chi connectivity index (χ1v) is 8.46. The van der Waals surface area contributed by atoms with Gasteiger partial charge < -0.3 is 4.74 Å². The molecule has 0 atom stereocenters. The third kappa shape index (κ3) is 3.58. The van der Waals surface area contributed by atoms with Crippen molar-refractivity contribution in [3.8, 4) is 5.75 Å². The van der Waals surface area contributed by atoms with E-state index in [-0.39, 0.29) is 11.6 Å². The van der Waals surface area contributed by atoms with E-state index in [2.05, 4.69) is 4.99 Å². The van der Waals surface area contributed by atoms with Crippen LogP contribution in [-0.2, 0) is 4.79 Å². The lowest BCUT2D eigenvalue weighted by atomic mass is 10.1. The monoisotopic (exact) mass is 356 g/mol. The molecule has 1 aliphatic heterocycles. The Bertz CT molecular complexity index is 893. The number of carbonyl (C=O) groups is 1. The van der Waals surface area contributed by atoms with Crippen molar-refractivity contribution in [1.82, 2.24) is 4.90 Å². The number of rotatable bonds is 3. The van der Waals surface area contributed by atoms with E-state index in [1.807, 2.05) is 31.2 Å². The second kappa shape index (κ2) is 7.11. The van der Waals surface area contributed by atoms with Crippen molar-refractivity contribution in [2.75, 3.05) is 14.2 Å². The number of aliphatic imine (C=N–C) groups is 1. The van der Waals surface area contributed by atoms with E-state index in [0.717, 1.165) is 16.9 Å². The minimum absolute atomic E-state index is 0.157. The Morgan fingerprint density at radius 3 is 2.68 bits per heavy atom. The zero-order valence-electron chi connectivity index (χ0n) is 14.1. The molecule has 1 heterocycles. The third-order valence-electron chi connectivity index (χ3n) is 3.84. The first kappa shape index (κ1) is 17.2. The Hall–Kier alpha value is -2.60. The number of ether oxygens (including phenoxy) is 1. The van der Waals surface area contributed by atoms with E-state index >= 15 is 0 Å². The van der Waals surface area contributed by atoms with Crippen LogP contribution >= 0.6 is 11.8 Å². The van der Waals surface area contributed by atoms with Gasteiger partial charge in [-0.2, -0.15) is 0 Å². The number of carbonyl (C=O) groups excluding carboxylic acids is 1. The van der Waals surface area contributed by atoms with Crippen LogP contribution in [0.4, 0.5) is 10.1 Å². The summed E-state index contributed by atoms with van der Waals surface area (Å²) in [5.74, 6) is 0.194. The first-order valence-electron chi connectivity index (χ1n) is 7.65. The molecule has 3 rings (SSSR count). The molecule has 0 saturated carbocycles. The molecule has 1 amide bonds. The standard InChI is InChI=1S/C19H17FN2O2S/c1-12-10-14(24-3)9-8-13(12)11-17-18(23)22(2)19(25-17)21-16-7-5-4-6-15(16)20/h4-11H,1-3H3/b17-11+,21-19?. The average Bonchev–Trinajstić information content (AvgIpc) is 2.86. The van der Waals surface area contributed by atoms with Gasteiger partial charge in [0.1, 0.15) is 17.3 Å². The summed E-state index contributed by atoms with van der Waals surface area (Å²) in [5.41, 5.74) is 2.14. The fraction of sp³-hybridized carbons (Fsp3) is 0.158. The molecule has 2 aromatic carbocycles. The number of methoxy groups -OCH3 is 1. The van der Waals surface area contributed by atoms with Crippen LogP contribution in [0, 0.1) is 12.7 Å². The summed E-state index contributed by atoms with van der Waals surface area (Å²) in [7, 11) is 3.25. The van der Waals surface area contributed by atoms with Crippen molar-refractivity contribution >= 4 is 34.6 Å². The molecule has 0 spiro atoms. The van der Waals surface area contributed by atoms with E-state index in [9.17, 15) is 9.18 Å². The highest BCUT2D eigenvalue weighted by Gasteiger charge is 2.30. The van der Waals surface area contributed by atoms with Crippen molar-refractivity contribution in [2.24, 2.45) is 4.99 Å². The third-order valence-corrected chi connectivity index (χ3v) is 4.90. The predicted octanol–water partition coefficient (Wildman–Crippen LogP) is 4.38. The Balaban J connectivity index is 1.92. The second-order valence-electron chi connectivity index (χ2n) is 5.54. The lowest BCUT2D eigenvalue weighted by molar-refractivity contribution is -0.121. The number of para-hydroxylation sites is 1. The minimum atomic E-state index is -0.417. The number of halogens is 1. The Morgan fingerprint density at radius 1 is 1.24 bits per heavy atom. The molecule has 0 aromatic heterocycles. The molecule has 25 heavy (non-hydrogen) atoms. The summed E-state index contributed by atoms with van der Waals surface area (Å²) in [5, 5.41) is 0.451. The number of amidine groups is 1. The van der Waals surface area contributed by atoms with Gasteiger partial charge in [0.2, 0.25) is 0 Å². The van der Waals surface area contributed by atoms with Crippen LogP contribution in [0.1, 0.15) is 11.1 Å². The van der Waals surface area contributed by atoms with Crippen LogP contribution in [0.2, 0.25) is 0 Å². The number of amides is 1. The van der Waals surface area contributed by atoms with Gasteiger partial charge in [0.15, 0.2) is 5.17 Å². The number of hydrogen-bond donors (Lipinski definition) is 0. The molecule has 1 aliphatic rings. The number of nitrogens with zero attached hydrogens (tertiary/aromatic N) is 2. The van der Waals surface area contributed by atoms with Gasteiger partial charge in [0.25, 0.3) is 5.91 Å². The zero-order chi connectivity index (χ0) is 18.0. The maximum absolute atomic E-state index is 13.8. The summed E-state index contributed by atoms with van der Waals surface area (Å²) in [6.07, 6.45) is 1.82. The van der Waals surface area contributed by atoms with E-state index in [1.54, 1.807) is 32.4 Å². The molecule has 1 fully saturated rings. The first-order chi connectivity index (χ1) is 12.0. The average molecular weight is 356 g/mol. The fourth-order valence-electron chi connectivity index (χ4n) is 2.38. The van der Waals surface area contributed by atoms with Gasteiger partial charge in [-0.05, 0) is 60.2 Å². The van der Waals surface area contributed by atoms with Crippen LogP contribution in [0.25, 0.3) is 6.08 Å². The van der Waals surface area contributed by atoms with Crippen molar-refractivity contribution in [1.29, 1.82) is 0 Å². The zero-order valence-corrected chi connectivity index (χ0v) is 14.9. The van der Waals surface area contributed by atoms with E-state index < -0.39 is 5.82 Å². The normalized spacial score (nSPS) is 17.6. The highest BCUT2D eigenvalue weighted by Crippen LogP contribution is 2.34. The molecule has 0 bridgehead atoms. The Kier molecular flexibility index (Phi) is 4.90.